The highest BCUT2D eigenvalue weighted by molar-refractivity contribution is 7.89. The van der Waals surface area contributed by atoms with Crippen molar-refractivity contribution < 1.29 is 17.6 Å². The minimum absolute atomic E-state index is 0.111. The second-order valence-electron chi connectivity index (χ2n) is 6.14. The number of benzene rings is 2. The number of hydrogen-bond donors (Lipinski definition) is 1. The number of carbonyl (C=O) groups excluding carboxylic acids is 1. The molecule has 1 atom stereocenters. The summed E-state index contributed by atoms with van der Waals surface area (Å²) in [5.74, 6) is -0.774. The van der Waals surface area contributed by atoms with Crippen LogP contribution in [-0.2, 0) is 10.0 Å². The lowest BCUT2D eigenvalue weighted by atomic mass is 10.2. The Morgan fingerprint density at radius 2 is 1.73 bits per heavy atom. The Balaban J connectivity index is 1.70. The molecule has 0 spiro atoms. The summed E-state index contributed by atoms with van der Waals surface area (Å²) in [7, 11) is -3.95. The van der Waals surface area contributed by atoms with Gasteiger partial charge in [0.25, 0.3) is 0 Å². The molecular formula is C18H20FN3O3S. The minimum atomic E-state index is -3.95. The summed E-state index contributed by atoms with van der Waals surface area (Å²) >= 11 is 0. The Bertz CT molecular complexity index is 890. The highest BCUT2D eigenvalue weighted by Crippen LogP contribution is 2.23. The lowest BCUT2D eigenvalue weighted by Crippen LogP contribution is -2.56. The molecule has 2 aromatic rings. The predicted octanol–water partition coefficient (Wildman–Crippen LogP) is 2.75. The SMILES string of the molecule is C[C@H]1CN(C(=O)Nc2ccccc2)CCN1S(=O)(=O)c1ccccc1F. The zero-order valence-corrected chi connectivity index (χ0v) is 15.1. The number of halogens is 1. The molecule has 0 saturated carbocycles. The maximum Gasteiger partial charge on any atom is 0.321 e. The molecule has 2 amide bonds. The number of piperazine rings is 1. The molecule has 26 heavy (non-hydrogen) atoms. The molecule has 1 aliphatic heterocycles. The topological polar surface area (TPSA) is 69.7 Å². The van der Waals surface area contributed by atoms with Crippen molar-refractivity contribution in [1.29, 1.82) is 0 Å². The quantitative estimate of drug-likeness (QED) is 0.894. The Kier molecular flexibility index (Phi) is 5.24. The van der Waals surface area contributed by atoms with Crippen LogP contribution in [0.1, 0.15) is 6.92 Å². The Morgan fingerprint density at radius 3 is 2.38 bits per heavy atom. The van der Waals surface area contributed by atoms with Crippen molar-refractivity contribution in [3.05, 3.63) is 60.4 Å². The molecular weight excluding hydrogens is 357 g/mol. The van der Waals surface area contributed by atoms with E-state index >= 15 is 0 Å². The largest absolute Gasteiger partial charge is 0.322 e. The van der Waals surface area contributed by atoms with Gasteiger partial charge >= 0.3 is 6.03 Å². The first-order valence-corrected chi connectivity index (χ1v) is 9.71. The zero-order valence-electron chi connectivity index (χ0n) is 14.3. The lowest BCUT2D eigenvalue weighted by molar-refractivity contribution is 0.157. The molecule has 3 rings (SSSR count). The number of carbonyl (C=O) groups is 1. The number of sulfonamides is 1. The number of hydrogen-bond acceptors (Lipinski definition) is 3. The molecule has 0 radical (unpaired) electrons. The fourth-order valence-corrected chi connectivity index (χ4v) is 4.67. The molecule has 0 aromatic heterocycles. The average Bonchev–Trinajstić information content (AvgIpc) is 2.62. The van der Waals surface area contributed by atoms with Gasteiger partial charge in [-0.2, -0.15) is 4.31 Å². The van der Waals surface area contributed by atoms with Gasteiger partial charge < -0.3 is 10.2 Å². The second-order valence-corrected chi connectivity index (χ2v) is 8.00. The van der Waals surface area contributed by atoms with E-state index in [0.29, 0.717) is 5.69 Å². The van der Waals surface area contributed by atoms with Crippen molar-refractivity contribution in [2.45, 2.75) is 17.9 Å². The van der Waals surface area contributed by atoms with Crippen LogP contribution in [0.5, 0.6) is 0 Å². The van der Waals surface area contributed by atoms with Gasteiger partial charge in [-0.15, -0.1) is 0 Å². The summed E-state index contributed by atoms with van der Waals surface area (Å²) in [5, 5.41) is 2.79. The summed E-state index contributed by atoms with van der Waals surface area (Å²) < 4.78 is 40.7. The number of rotatable bonds is 3. The Hall–Kier alpha value is -2.45. The normalized spacial score (nSPS) is 18.5. The molecule has 0 aliphatic carbocycles. The van der Waals surface area contributed by atoms with Gasteiger partial charge in [0.05, 0.1) is 0 Å². The Morgan fingerprint density at radius 1 is 1.08 bits per heavy atom. The second kappa shape index (κ2) is 7.43. The fourth-order valence-electron chi connectivity index (χ4n) is 2.99. The first kappa shape index (κ1) is 18.3. The van der Waals surface area contributed by atoms with Crippen molar-refractivity contribution in [2.75, 3.05) is 25.0 Å². The van der Waals surface area contributed by atoms with E-state index < -0.39 is 21.9 Å². The van der Waals surface area contributed by atoms with Crippen LogP contribution in [0.4, 0.5) is 14.9 Å². The molecule has 1 heterocycles. The van der Waals surface area contributed by atoms with Crippen molar-refractivity contribution in [2.24, 2.45) is 0 Å². The van der Waals surface area contributed by atoms with Gasteiger partial charge in [0.1, 0.15) is 10.7 Å². The van der Waals surface area contributed by atoms with Gasteiger partial charge in [-0.25, -0.2) is 17.6 Å². The van der Waals surface area contributed by atoms with E-state index in [1.165, 1.54) is 22.5 Å². The van der Waals surface area contributed by atoms with E-state index in [4.69, 9.17) is 0 Å². The van der Waals surface area contributed by atoms with E-state index in [1.54, 1.807) is 24.0 Å². The van der Waals surface area contributed by atoms with E-state index in [-0.39, 0.29) is 30.6 Å². The highest BCUT2D eigenvalue weighted by Gasteiger charge is 2.36. The van der Waals surface area contributed by atoms with E-state index in [2.05, 4.69) is 5.32 Å². The smallest absolute Gasteiger partial charge is 0.321 e. The monoisotopic (exact) mass is 377 g/mol. The third-order valence-electron chi connectivity index (χ3n) is 4.30. The maximum absolute atomic E-state index is 13.9. The summed E-state index contributed by atoms with van der Waals surface area (Å²) in [6.07, 6.45) is 0. The van der Waals surface area contributed by atoms with Gasteiger partial charge in [0, 0.05) is 31.4 Å². The molecule has 8 heteroatoms. The minimum Gasteiger partial charge on any atom is -0.322 e. The molecule has 0 bridgehead atoms. The van der Waals surface area contributed by atoms with Crippen molar-refractivity contribution in [3.63, 3.8) is 0 Å². The average molecular weight is 377 g/mol. The third-order valence-corrected chi connectivity index (χ3v) is 6.35. The fraction of sp³-hybridized carbons (Fsp3) is 0.278. The standard InChI is InChI=1S/C18H20FN3O3S/c1-14-13-21(18(23)20-15-7-3-2-4-8-15)11-12-22(14)26(24,25)17-10-6-5-9-16(17)19/h2-10,14H,11-13H2,1H3,(H,20,23)/t14-/m0/s1. The molecule has 1 fully saturated rings. The number of amides is 2. The number of anilines is 1. The van der Waals surface area contributed by atoms with Gasteiger partial charge in [0.15, 0.2) is 0 Å². The van der Waals surface area contributed by atoms with Crippen LogP contribution in [0, 0.1) is 5.82 Å². The maximum atomic E-state index is 13.9. The Labute approximate surface area is 152 Å². The number of urea groups is 1. The van der Waals surface area contributed by atoms with Crippen molar-refractivity contribution in [3.8, 4) is 0 Å². The predicted molar refractivity (Wildman–Crippen MR) is 96.8 cm³/mol. The van der Waals surface area contributed by atoms with Gasteiger partial charge in [-0.05, 0) is 31.2 Å². The highest BCUT2D eigenvalue weighted by atomic mass is 32.2. The number of nitrogens with one attached hydrogen (secondary N) is 1. The molecule has 1 saturated heterocycles. The summed E-state index contributed by atoms with van der Waals surface area (Å²) in [6, 6.07) is 13.6. The van der Waals surface area contributed by atoms with E-state index in [1.807, 2.05) is 18.2 Å². The van der Waals surface area contributed by atoms with Crippen LogP contribution in [0.2, 0.25) is 0 Å². The van der Waals surface area contributed by atoms with Gasteiger partial charge in [-0.1, -0.05) is 30.3 Å². The van der Waals surface area contributed by atoms with Crippen LogP contribution >= 0.6 is 0 Å². The van der Waals surface area contributed by atoms with E-state index in [9.17, 15) is 17.6 Å². The summed E-state index contributed by atoms with van der Waals surface area (Å²) in [4.78, 5) is 13.6. The molecule has 1 aliphatic rings. The molecule has 0 unspecified atom stereocenters. The van der Waals surface area contributed by atoms with Crippen LogP contribution in [0.15, 0.2) is 59.5 Å². The van der Waals surface area contributed by atoms with E-state index in [0.717, 1.165) is 6.07 Å². The summed E-state index contributed by atoms with van der Waals surface area (Å²) in [6.45, 7) is 2.28. The van der Waals surface area contributed by atoms with Crippen LogP contribution in [-0.4, -0.2) is 49.3 Å². The number of para-hydroxylation sites is 1. The third kappa shape index (κ3) is 3.71. The first-order chi connectivity index (χ1) is 12.4. The van der Waals surface area contributed by atoms with Gasteiger partial charge in [0.2, 0.25) is 10.0 Å². The summed E-state index contributed by atoms with van der Waals surface area (Å²) in [5.41, 5.74) is 0.673. The van der Waals surface area contributed by atoms with Crippen LogP contribution < -0.4 is 5.32 Å². The molecule has 6 nitrogen and oxygen atoms in total. The van der Waals surface area contributed by atoms with Crippen molar-refractivity contribution in [1.82, 2.24) is 9.21 Å². The molecule has 2 aromatic carbocycles. The van der Waals surface area contributed by atoms with Crippen LogP contribution in [0.25, 0.3) is 0 Å². The van der Waals surface area contributed by atoms with Crippen LogP contribution in [0.3, 0.4) is 0 Å². The molecule has 138 valence electrons. The zero-order chi connectivity index (χ0) is 18.7. The first-order valence-electron chi connectivity index (χ1n) is 8.27. The lowest BCUT2D eigenvalue weighted by Gasteiger charge is -2.38. The number of nitrogens with zero attached hydrogens (tertiary/aromatic N) is 2. The van der Waals surface area contributed by atoms with Crippen molar-refractivity contribution >= 4 is 21.7 Å². The van der Waals surface area contributed by atoms with Gasteiger partial charge in [-0.3, -0.25) is 0 Å². The molecule has 1 N–H and O–H groups in total.